The fourth-order valence-corrected chi connectivity index (χ4v) is 3.10. The summed E-state index contributed by atoms with van der Waals surface area (Å²) in [6.45, 7) is 3.38. The molecule has 0 spiro atoms. The summed E-state index contributed by atoms with van der Waals surface area (Å²) in [7, 11) is 0. The summed E-state index contributed by atoms with van der Waals surface area (Å²) in [6, 6.07) is 7.56. The molecule has 1 aromatic carbocycles. The van der Waals surface area contributed by atoms with E-state index >= 15 is 0 Å². The highest BCUT2D eigenvalue weighted by Crippen LogP contribution is 2.36. The number of nitrogens with zero attached hydrogens (tertiary/aromatic N) is 2. The van der Waals surface area contributed by atoms with Gasteiger partial charge in [-0.25, -0.2) is 0 Å². The van der Waals surface area contributed by atoms with Crippen molar-refractivity contribution in [1.29, 1.82) is 0 Å². The van der Waals surface area contributed by atoms with E-state index in [4.69, 9.17) is 11.6 Å². The first-order valence-electron chi connectivity index (χ1n) is 7.12. The monoisotopic (exact) mass is 294 g/mol. The smallest absolute Gasteiger partial charge is 0.321 e. The first kappa shape index (κ1) is 13.7. The Morgan fingerprint density at radius 2 is 1.75 bits per heavy atom. The molecule has 108 valence electrons. The van der Waals surface area contributed by atoms with Gasteiger partial charge in [-0.2, -0.15) is 0 Å². The first-order chi connectivity index (χ1) is 9.65. The van der Waals surface area contributed by atoms with Gasteiger partial charge in [0.25, 0.3) is 0 Å². The first-order valence-corrected chi connectivity index (χ1v) is 7.50. The largest absolute Gasteiger partial charge is 0.480 e. The average Bonchev–Trinajstić information content (AvgIpc) is 3.25. The molecule has 0 aromatic heterocycles. The highest BCUT2D eigenvalue weighted by Gasteiger charge is 2.41. The third-order valence-corrected chi connectivity index (χ3v) is 4.47. The van der Waals surface area contributed by atoms with E-state index in [0.717, 1.165) is 49.7 Å². The summed E-state index contributed by atoms with van der Waals surface area (Å²) in [6.07, 6.45) is 2.13. The molecule has 1 aromatic rings. The quantitative estimate of drug-likeness (QED) is 0.925. The number of carbonyl (C=O) groups is 1. The highest BCUT2D eigenvalue weighted by molar-refractivity contribution is 6.30. The van der Waals surface area contributed by atoms with E-state index in [9.17, 15) is 9.90 Å². The minimum atomic E-state index is -0.660. The molecule has 1 aliphatic heterocycles. The molecule has 1 heterocycles. The van der Waals surface area contributed by atoms with Crippen LogP contribution in [-0.2, 0) is 4.79 Å². The van der Waals surface area contributed by atoms with Crippen molar-refractivity contribution in [3.05, 3.63) is 29.3 Å². The number of hydrogen-bond acceptors (Lipinski definition) is 3. The van der Waals surface area contributed by atoms with Gasteiger partial charge < -0.3 is 10.0 Å². The van der Waals surface area contributed by atoms with Gasteiger partial charge in [0.05, 0.1) is 0 Å². The van der Waals surface area contributed by atoms with Gasteiger partial charge in [0.1, 0.15) is 6.04 Å². The summed E-state index contributed by atoms with van der Waals surface area (Å²) in [5.41, 5.74) is 1.16. The number of piperazine rings is 1. The molecular weight excluding hydrogens is 276 g/mol. The van der Waals surface area contributed by atoms with Crippen LogP contribution in [0.2, 0.25) is 5.02 Å². The van der Waals surface area contributed by atoms with Crippen molar-refractivity contribution in [1.82, 2.24) is 4.90 Å². The lowest BCUT2D eigenvalue weighted by Crippen LogP contribution is -2.53. The van der Waals surface area contributed by atoms with Crippen molar-refractivity contribution in [3.8, 4) is 0 Å². The zero-order chi connectivity index (χ0) is 14.1. The van der Waals surface area contributed by atoms with Crippen LogP contribution in [0.3, 0.4) is 0 Å². The van der Waals surface area contributed by atoms with Crippen LogP contribution in [0.1, 0.15) is 12.8 Å². The number of aliphatic carboxylic acids is 1. The van der Waals surface area contributed by atoms with E-state index in [-0.39, 0.29) is 6.04 Å². The van der Waals surface area contributed by atoms with Gasteiger partial charge in [-0.1, -0.05) is 11.6 Å². The summed E-state index contributed by atoms with van der Waals surface area (Å²) in [4.78, 5) is 15.8. The Labute approximate surface area is 123 Å². The van der Waals surface area contributed by atoms with Crippen LogP contribution in [0.15, 0.2) is 24.3 Å². The molecule has 20 heavy (non-hydrogen) atoms. The molecule has 0 bridgehead atoms. The Bertz CT molecular complexity index is 479. The number of hydrogen-bond donors (Lipinski definition) is 1. The van der Waals surface area contributed by atoms with Crippen molar-refractivity contribution in [3.63, 3.8) is 0 Å². The van der Waals surface area contributed by atoms with Crippen LogP contribution in [0.4, 0.5) is 5.69 Å². The molecule has 2 aliphatic rings. The van der Waals surface area contributed by atoms with Crippen molar-refractivity contribution in [2.45, 2.75) is 18.9 Å². The van der Waals surface area contributed by atoms with E-state index < -0.39 is 5.97 Å². The van der Waals surface area contributed by atoms with E-state index in [1.165, 1.54) is 0 Å². The molecule has 4 nitrogen and oxygen atoms in total. The maximum Gasteiger partial charge on any atom is 0.321 e. The second-order valence-corrected chi connectivity index (χ2v) is 6.06. The molecule has 0 amide bonds. The summed E-state index contributed by atoms with van der Waals surface area (Å²) >= 11 is 5.90. The van der Waals surface area contributed by atoms with Gasteiger partial charge in [0.2, 0.25) is 0 Å². The Morgan fingerprint density at radius 1 is 1.15 bits per heavy atom. The number of benzene rings is 1. The van der Waals surface area contributed by atoms with Crippen molar-refractivity contribution < 1.29 is 9.90 Å². The Kier molecular flexibility index (Phi) is 3.85. The van der Waals surface area contributed by atoms with Crippen LogP contribution in [-0.4, -0.2) is 48.2 Å². The van der Waals surface area contributed by atoms with Gasteiger partial charge in [-0.05, 0) is 43.0 Å². The minimum Gasteiger partial charge on any atom is -0.480 e. The molecule has 1 unspecified atom stereocenters. The number of anilines is 1. The van der Waals surface area contributed by atoms with Crippen LogP contribution in [0, 0.1) is 5.92 Å². The van der Waals surface area contributed by atoms with Crippen molar-refractivity contribution >= 4 is 23.3 Å². The fraction of sp³-hybridized carbons (Fsp3) is 0.533. The molecule has 1 N–H and O–H groups in total. The van der Waals surface area contributed by atoms with Crippen molar-refractivity contribution in [2.24, 2.45) is 5.92 Å². The van der Waals surface area contributed by atoms with Crippen LogP contribution in [0.25, 0.3) is 0 Å². The Hall–Kier alpha value is -1.26. The zero-order valence-electron chi connectivity index (χ0n) is 11.3. The lowest BCUT2D eigenvalue weighted by atomic mass is 10.1. The predicted molar refractivity (Wildman–Crippen MR) is 79.4 cm³/mol. The minimum absolute atomic E-state index is 0.276. The predicted octanol–water partition coefficient (Wildman–Crippen LogP) is 2.33. The lowest BCUT2D eigenvalue weighted by Gasteiger charge is -2.39. The van der Waals surface area contributed by atoms with Crippen LogP contribution >= 0.6 is 11.6 Å². The average molecular weight is 295 g/mol. The van der Waals surface area contributed by atoms with Crippen LogP contribution < -0.4 is 4.90 Å². The number of rotatable bonds is 4. The summed E-state index contributed by atoms with van der Waals surface area (Å²) < 4.78 is 0. The Morgan fingerprint density at radius 3 is 2.25 bits per heavy atom. The van der Waals surface area contributed by atoms with E-state index in [0.29, 0.717) is 5.92 Å². The topological polar surface area (TPSA) is 43.8 Å². The molecular formula is C15H19ClN2O2. The molecule has 3 rings (SSSR count). The van der Waals surface area contributed by atoms with Crippen LogP contribution in [0.5, 0.6) is 0 Å². The van der Waals surface area contributed by atoms with Gasteiger partial charge >= 0.3 is 5.97 Å². The molecule has 1 saturated carbocycles. The van der Waals surface area contributed by atoms with Gasteiger partial charge in [0.15, 0.2) is 0 Å². The summed E-state index contributed by atoms with van der Waals surface area (Å²) in [5, 5.41) is 10.1. The molecule has 0 radical (unpaired) electrons. The second-order valence-electron chi connectivity index (χ2n) is 5.62. The number of carboxylic acid groups (broad SMARTS) is 1. The Balaban J connectivity index is 1.61. The molecule has 1 aliphatic carbocycles. The zero-order valence-corrected chi connectivity index (χ0v) is 12.1. The second kappa shape index (κ2) is 5.62. The molecule has 5 heteroatoms. The van der Waals surface area contributed by atoms with Gasteiger partial charge in [-0.15, -0.1) is 0 Å². The molecule has 1 saturated heterocycles. The summed E-state index contributed by atoms with van der Waals surface area (Å²) in [5.74, 6) is -0.290. The normalized spacial score (nSPS) is 21.8. The molecule has 2 fully saturated rings. The number of carboxylic acids is 1. The SMILES string of the molecule is O=C(O)C(C1CC1)N1CCN(c2ccc(Cl)cc2)CC1. The maximum atomic E-state index is 11.4. The standard InChI is InChI=1S/C15H19ClN2O2/c16-12-3-5-13(6-4-12)17-7-9-18(10-8-17)14(15(19)20)11-1-2-11/h3-6,11,14H,1-2,7-10H2,(H,19,20). The van der Waals surface area contributed by atoms with Gasteiger partial charge in [-0.3, -0.25) is 9.69 Å². The van der Waals surface area contributed by atoms with Crippen molar-refractivity contribution in [2.75, 3.05) is 31.1 Å². The van der Waals surface area contributed by atoms with E-state index in [2.05, 4.69) is 9.80 Å². The highest BCUT2D eigenvalue weighted by atomic mass is 35.5. The third kappa shape index (κ3) is 2.91. The maximum absolute atomic E-state index is 11.4. The molecule has 1 atom stereocenters. The lowest BCUT2D eigenvalue weighted by molar-refractivity contribution is -0.144. The van der Waals surface area contributed by atoms with Gasteiger partial charge in [0, 0.05) is 36.9 Å². The third-order valence-electron chi connectivity index (χ3n) is 4.22. The number of halogens is 1. The van der Waals surface area contributed by atoms with E-state index in [1.54, 1.807) is 0 Å². The van der Waals surface area contributed by atoms with E-state index in [1.807, 2.05) is 24.3 Å². The fourth-order valence-electron chi connectivity index (χ4n) is 2.98.